The fraction of sp³-hybridized carbons (Fsp3) is 0.286. The van der Waals surface area contributed by atoms with Crippen LogP contribution in [-0.4, -0.2) is 9.97 Å². The molecule has 94 valence electrons. The molecule has 0 aliphatic carbocycles. The van der Waals surface area contributed by atoms with Gasteiger partial charge in [-0.05, 0) is 53.9 Å². The topological polar surface area (TPSA) is 37.8 Å². The van der Waals surface area contributed by atoms with Crippen LogP contribution in [0, 0.1) is 13.8 Å². The van der Waals surface area contributed by atoms with E-state index in [0.29, 0.717) is 0 Å². The number of hydrogen-bond donors (Lipinski definition) is 1. The average molecular weight is 306 g/mol. The first-order valence-electron chi connectivity index (χ1n) is 5.87. The first-order chi connectivity index (χ1) is 8.58. The van der Waals surface area contributed by atoms with Gasteiger partial charge in [-0.1, -0.05) is 6.07 Å². The molecule has 0 saturated heterocycles. The normalized spacial score (nSPS) is 12.2. The van der Waals surface area contributed by atoms with Crippen molar-refractivity contribution in [2.75, 3.05) is 5.32 Å². The summed E-state index contributed by atoms with van der Waals surface area (Å²) < 4.78 is 1.08. The largest absolute Gasteiger partial charge is 0.376 e. The molecule has 0 aliphatic heterocycles. The number of hydrogen-bond acceptors (Lipinski definition) is 3. The summed E-state index contributed by atoms with van der Waals surface area (Å²) >= 11 is 3.60. The van der Waals surface area contributed by atoms with E-state index in [1.165, 1.54) is 11.1 Å². The van der Waals surface area contributed by atoms with Gasteiger partial charge in [0.05, 0.1) is 23.6 Å². The van der Waals surface area contributed by atoms with Crippen LogP contribution in [0.3, 0.4) is 0 Å². The van der Waals surface area contributed by atoms with Gasteiger partial charge < -0.3 is 5.32 Å². The molecule has 1 unspecified atom stereocenters. The fourth-order valence-corrected chi connectivity index (χ4v) is 2.71. The standard InChI is InChI=1S/C14H16BrN3/c1-9-6-10(2)14(12(15)7-9)18-11(3)13-8-16-4-5-17-13/h4-8,11,18H,1-3H3. The molecule has 0 fully saturated rings. The van der Waals surface area contributed by atoms with Gasteiger partial charge in [-0.25, -0.2) is 0 Å². The zero-order chi connectivity index (χ0) is 13.1. The highest BCUT2D eigenvalue weighted by Gasteiger charge is 2.11. The van der Waals surface area contributed by atoms with Crippen LogP contribution in [0.4, 0.5) is 5.69 Å². The first-order valence-corrected chi connectivity index (χ1v) is 6.66. The van der Waals surface area contributed by atoms with Crippen LogP contribution in [0.5, 0.6) is 0 Å². The van der Waals surface area contributed by atoms with Crippen LogP contribution in [0.2, 0.25) is 0 Å². The van der Waals surface area contributed by atoms with Crippen molar-refractivity contribution < 1.29 is 0 Å². The Bertz CT molecular complexity index is 517. The second-order valence-electron chi connectivity index (χ2n) is 4.43. The van der Waals surface area contributed by atoms with E-state index in [1.54, 1.807) is 18.6 Å². The molecule has 2 rings (SSSR count). The highest BCUT2D eigenvalue weighted by molar-refractivity contribution is 9.10. The Morgan fingerprint density at radius 3 is 2.61 bits per heavy atom. The minimum atomic E-state index is 0.122. The molecule has 0 amide bonds. The Labute approximate surface area is 116 Å². The lowest BCUT2D eigenvalue weighted by Crippen LogP contribution is -2.10. The lowest BCUT2D eigenvalue weighted by Gasteiger charge is -2.18. The molecule has 1 aromatic carbocycles. The Balaban J connectivity index is 2.25. The minimum Gasteiger partial charge on any atom is -0.376 e. The number of anilines is 1. The lowest BCUT2D eigenvalue weighted by molar-refractivity contribution is 0.825. The van der Waals surface area contributed by atoms with Crippen molar-refractivity contribution >= 4 is 21.6 Å². The Morgan fingerprint density at radius 1 is 1.22 bits per heavy atom. The molecule has 1 heterocycles. The molecule has 1 N–H and O–H groups in total. The summed E-state index contributed by atoms with van der Waals surface area (Å²) in [6, 6.07) is 4.39. The van der Waals surface area contributed by atoms with Gasteiger partial charge >= 0.3 is 0 Å². The first kappa shape index (κ1) is 13.0. The maximum atomic E-state index is 4.31. The summed E-state index contributed by atoms with van der Waals surface area (Å²) in [5.41, 5.74) is 4.51. The molecule has 1 atom stereocenters. The van der Waals surface area contributed by atoms with Crippen molar-refractivity contribution in [2.24, 2.45) is 0 Å². The van der Waals surface area contributed by atoms with Crippen LogP contribution in [-0.2, 0) is 0 Å². The van der Waals surface area contributed by atoms with Crippen LogP contribution >= 0.6 is 15.9 Å². The van der Waals surface area contributed by atoms with Gasteiger partial charge in [0.15, 0.2) is 0 Å². The summed E-state index contributed by atoms with van der Waals surface area (Å²) in [5, 5.41) is 3.47. The number of nitrogens with one attached hydrogen (secondary N) is 1. The summed E-state index contributed by atoms with van der Waals surface area (Å²) in [5.74, 6) is 0. The van der Waals surface area contributed by atoms with Crippen LogP contribution in [0.15, 0.2) is 35.2 Å². The summed E-state index contributed by atoms with van der Waals surface area (Å²) in [7, 11) is 0. The second-order valence-corrected chi connectivity index (χ2v) is 5.29. The molecular weight excluding hydrogens is 290 g/mol. The molecule has 2 aromatic rings. The van der Waals surface area contributed by atoms with Crippen LogP contribution in [0.1, 0.15) is 29.8 Å². The van der Waals surface area contributed by atoms with E-state index in [0.717, 1.165) is 15.9 Å². The summed E-state index contributed by atoms with van der Waals surface area (Å²) in [6.07, 6.45) is 5.18. The van der Waals surface area contributed by atoms with Gasteiger partial charge in [0.2, 0.25) is 0 Å². The lowest BCUT2D eigenvalue weighted by atomic mass is 10.1. The van der Waals surface area contributed by atoms with Crippen molar-refractivity contribution in [3.63, 3.8) is 0 Å². The van der Waals surface area contributed by atoms with Gasteiger partial charge in [-0.3, -0.25) is 9.97 Å². The van der Waals surface area contributed by atoms with E-state index < -0.39 is 0 Å². The minimum absolute atomic E-state index is 0.122. The van der Waals surface area contributed by atoms with E-state index in [-0.39, 0.29) is 6.04 Å². The average Bonchev–Trinajstić information content (AvgIpc) is 2.34. The van der Waals surface area contributed by atoms with Gasteiger partial charge in [0.25, 0.3) is 0 Å². The van der Waals surface area contributed by atoms with Gasteiger partial charge in [-0.2, -0.15) is 0 Å². The third-order valence-corrected chi connectivity index (χ3v) is 3.44. The number of benzene rings is 1. The molecular formula is C14H16BrN3. The van der Waals surface area contributed by atoms with Crippen molar-refractivity contribution in [3.8, 4) is 0 Å². The maximum absolute atomic E-state index is 4.31. The molecule has 0 aliphatic rings. The zero-order valence-corrected chi connectivity index (χ0v) is 12.3. The number of rotatable bonds is 3. The highest BCUT2D eigenvalue weighted by atomic mass is 79.9. The number of aromatic nitrogens is 2. The molecule has 3 nitrogen and oxygen atoms in total. The molecule has 0 saturated carbocycles. The molecule has 0 bridgehead atoms. The summed E-state index contributed by atoms with van der Waals surface area (Å²) in [4.78, 5) is 8.40. The quantitative estimate of drug-likeness (QED) is 0.930. The molecule has 0 spiro atoms. The molecule has 1 aromatic heterocycles. The van der Waals surface area contributed by atoms with Gasteiger partial charge in [0, 0.05) is 16.9 Å². The highest BCUT2D eigenvalue weighted by Crippen LogP contribution is 2.30. The maximum Gasteiger partial charge on any atom is 0.0806 e. The molecule has 4 heteroatoms. The zero-order valence-electron chi connectivity index (χ0n) is 10.7. The van der Waals surface area contributed by atoms with E-state index in [4.69, 9.17) is 0 Å². The Morgan fingerprint density at radius 2 is 2.00 bits per heavy atom. The fourth-order valence-electron chi connectivity index (χ4n) is 1.92. The van der Waals surface area contributed by atoms with Crippen LogP contribution < -0.4 is 5.32 Å². The predicted molar refractivity (Wildman–Crippen MR) is 77.7 cm³/mol. The predicted octanol–water partition coefficient (Wildman–Crippen LogP) is 4.03. The van der Waals surface area contributed by atoms with Crippen molar-refractivity contribution in [2.45, 2.75) is 26.8 Å². The second kappa shape index (κ2) is 5.48. The van der Waals surface area contributed by atoms with Gasteiger partial charge in [0.1, 0.15) is 0 Å². The van der Waals surface area contributed by atoms with Gasteiger partial charge in [-0.15, -0.1) is 0 Å². The monoisotopic (exact) mass is 305 g/mol. The molecule has 18 heavy (non-hydrogen) atoms. The van der Waals surface area contributed by atoms with Crippen molar-refractivity contribution in [3.05, 3.63) is 52.0 Å². The third-order valence-electron chi connectivity index (χ3n) is 2.82. The Hall–Kier alpha value is -1.42. The number of aryl methyl sites for hydroxylation is 2. The molecule has 0 radical (unpaired) electrons. The van der Waals surface area contributed by atoms with Crippen molar-refractivity contribution in [1.29, 1.82) is 0 Å². The Kier molecular flexibility index (Phi) is 3.97. The smallest absolute Gasteiger partial charge is 0.0806 e. The van der Waals surface area contributed by atoms with E-state index in [1.807, 2.05) is 0 Å². The van der Waals surface area contributed by atoms with E-state index in [9.17, 15) is 0 Å². The van der Waals surface area contributed by atoms with E-state index in [2.05, 4.69) is 64.1 Å². The summed E-state index contributed by atoms with van der Waals surface area (Å²) in [6.45, 7) is 6.27. The van der Waals surface area contributed by atoms with Crippen molar-refractivity contribution in [1.82, 2.24) is 9.97 Å². The third kappa shape index (κ3) is 2.88. The van der Waals surface area contributed by atoms with Crippen LogP contribution in [0.25, 0.3) is 0 Å². The SMILES string of the molecule is Cc1cc(C)c(NC(C)c2cnccn2)c(Br)c1. The number of halogens is 1. The number of nitrogens with zero attached hydrogens (tertiary/aromatic N) is 2. The van der Waals surface area contributed by atoms with E-state index >= 15 is 0 Å².